The maximum absolute atomic E-state index is 14.3. The summed E-state index contributed by atoms with van der Waals surface area (Å²) in [6, 6.07) is 0.166. The van der Waals surface area contributed by atoms with Crippen molar-refractivity contribution in [1.82, 2.24) is 0 Å². The van der Waals surface area contributed by atoms with Crippen LogP contribution >= 0.6 is 27.5 Å². The summed E-state index contributed by atoms with van der Waals surface area (Å²) < 4.78 is 107. The Kier molecular flexibility index (Phi) is 6.21. The van der Waals surface area contributed by atoms with E-state index >= 15 is 0 Å². The summed E-state index contributed by atoms with van der Waals surface area (Å²) in [7, 11) is 0. The average molecular weight is 465 g/mol. The van der Waals surface area contributed by atoms with Crippen molar-refractivity contribution in [2.75, 3.05) is 5.32 Å². The lowest BCUT2D eigenvalue weighted by molar-refractivity contribution is -0.286. The fourth-order valence-corrected chi connectivity index (χ4v) is 2.51. The van der Waals surface area contributed by atoms with Crippen LogP contribution in [-0.4, -0.2) is 24.1 Å². The van der Waals surface area contributed by atoms with Crippen LogP contribution in [0.25, 0.3) is 0 Å². The zero-order chi connectivity index (χ0) is 19.8. The van der Waals surface area contributed by atoms with Crippen LogP contribution in [0.15, 0.2) is 16.6 Å². The Morgan fingerprint density at radius 3 is 2.08 bits per heavy atom. The van der Waals surface area contributed by atoms with Crippen molar-refractivity contribution in [2.45, 2.75) is 30.8 Å². The van der Waals surface area contributed by atoms with Crippen molar-refractivity contribution in [3.8, 4) is 5.75 Å². The monoisotopic (exact) mass is 463 g/mol. The quantitative estimate of drug-likeness (QED) is 0.457. The summed E-state index contributed by atoms with van der Waals surface area (Å²) in [5.41, 5.74) is -7.84. The van der Waals surface area contributed by atoms with Crippen molar-refractivity contribution in [3.05, 3.63) is 22.2 Å². The first-order chi connectivity index (χ1) is 11.1. The molecule has 0 fully saturated rings. The number of hydrogen-bond acceptors (Lipinski definition) is 2. The zero-order valence-electron chi connectivity index (χ0n) is 11.8. The van der Waals surface area contributed by atoms with E-state index in [1.807, 2.05) is 5.32 Å². The molecule has 1 atom stereocenters. The summed E-state index contributed by atoms with van der Waals surface area (Å²) >= 11 is 6.87. The molecule has 1 unspecified atom stereocenters. The van der Waals surface area contributed by atoms with Crippen LogP contribution in [0.3, 0.4) is 0 Å². The maximum Gasteiger partial charge on any atom is 0.434 e. The summed E-state index contributed by atoms with van der Waals surface area (Å²) in [5, 5.41) is -3.54. The van der Waals surface area contributed by atoms with Crippen LogP contribution in [-0.2, 0) is 10.5 Å². The molecule has 0 radical (unpaired) electrons. The van der Waals surface area contributed by atoms with Crippen molar-refractivity contribution < 1.29 is 44.7 Å². The maximum atomic E-state index is 14.3. The zero-order valence-corrected chi connectivity index (χ0v) is 14.2. The van der Waals surface area contributed by atoms with Gasteiger partial charge in [-0.1, -0.05) is 0 Å². The summed E-state index contributed by atoms with van der Waals surface area (Å²) in [4.78, 5) is 11.0. The fraction of sp³-hybridized carbons (Fsp3) is 0.417. The molecule has 13 heteroatoms. The molecule has 0 heterocycles. The molecule has 3 nitrogen and oxygen atoms in total. The van der Waals surface area contributed by atoms with E-state index in [0.717, 1.165) is 6.92 Å². The average Bonchev–Trinajstić information content (AvgIpc) is 2.37. The Hall–Kier alpha value is -1.30. The van der Waals surface area contributed by atoms with Gasteiger partial charge in [0.25, 0.3) is 0 Å². The van der Waals surface area contributed by atoms with E-state index < -0.39 is 51.2 Å². The fourth-order valence-electron chi connectivity index (χ4n) is 1.75. The number of carbonyl (C=O) groups excluding carboxylic acids is 1. The second kappa shape index (κ2) is 7.14. The lowest BCUT2D eigenvalue weighted by Gasteiger charge is -2.32. The predicted molar refractivity (Wildman–Crippen MR) is 74.7 cm³/mol. The third-order valence-corrected chi connectivity index (χ3v) is 3.64. The molecule has 0 saturated heterocycles. The van der Waals surface area contributed by atoms with Gasteiger partial charge in [0, 0.05) is 17.0 Å². The largest absolute Gasteiger partial charge is 0.434 e. The molecule has 1 aromatic carbocycles. The Morgan fingerprint density at radius 2 is 1.72 bits per heavy atom. The molecule has 0 aliphatic rings. The van der Waals surface area contributed by atoms with Gasteiger partial charge in [0.2, 0.25) is 5.91 Å². The number of alkyl halides is 9. The number of anilines is 1. The highest BCUT2D eigenvalue weighted by Gasteiger charge is 2.72. The highest BCUT2D eigenvalue weighted by atomic mass is 79.9. The van der Waals surface area contributed by atoms with Gasteiger partial charge in [0.1, 0.15) is 0 Å². The van der Waals surface area contributed by atoms with E-state index in [2.05, 4.69) is 32.3 Å². The van der Waals surface area contributed by atoms with Crippen LogP contribution in [0.5, 0.6) is 5.75 Å². The lowest BCUT2D eigenvalue weighted by Crippen LogP contribution is -2.49. The molecule has 0 aliphatic carbocycles. The summed E-state index contributed by atoms with van der Waals surface area (Å²) in [6.45, 7) is -2.68. The molecule has 1 amide bonds. The third kappa shape index (κ3) is 4.46. The number of halogens is 10. The molecule has 0 bridgehead atoms. The van der Waals surface area contributed by atoms with Crippen molar-refractivity contribution >= 4 is 39.1 Å². The molecular formula is C12H7BrClF8NO2. The highest BCUT2D eigenvalue weighted by molar-refractivity contribution is 9.10. The van der Waals surface area contributed by atoms with E-state index in [-0.39, 0.29) is 12.1 Å². The first kappa shape index (κ1) is 21.7. The standard InChI is InChI=1S/C12H7BrClF8NO2/c1-4(24)23-8-6(13)2-5(3-7(8)25-9(15)16)10(17,11(14,18)19)12(20,21)22/h2-3,9H,1H3,(H,23,24). The minimum atomic E-state index is -6.20. The van der Waals surface area contributed by atoms with Gasteiger partial charge in [-0.3, -0.25) is 4.79 Å². The Labute approximate surface area is 148 Å². The Balaban J connectivity index is 3.71. The van der Waals surface area contributed by atoms with Gasteiger partial charge in [-0.05, 0) is 39.7 Å². The Morgan fingerprint density at radius 1 is 1.20 bits per heavy atom. The molecule has 1 N–H and O–H groups in total. The minimum Gasteiger partial charge on any atom is -0.433 e. The number of nitrogens with one attached hydrogen (secondary N) is 1. The summed E-state index contributed by atoms with van der Waals surface area (Å²) in [6.07, 6.45) is -6.20. The molecule has 1 aromatic rings. The second-order valence-electron chi connectivity index (χ2n) is 4.54. The van der Waals surface area contributed by atoms with E-state index in [1.54, 1.807) is 0 Å². The third-order valence-electron chi connectivity index (χ3n) is 2.75. The van der Waals surface area contributed by atoms with Gasteiger partial charge in [-0.25, -0.2) is 4.39 Å². The molecule has 1 rings (SSSR count). The molecule has 25 heavy (non-hydrogen) atoms. The van der Waals surface area contributed by atoms with Crippen LogP contribution < -0.4 is 10.1 Å². The van der Waals surface area contributed by atoms with E-state index in [4.69, 9.17) is 0 Å². The predicted octanol–water partition coefficient (Wildman–Crippen LogP) is 5.57. The number of ether oxygens (including phenoxy) is 1. The Bertz CT molecular complexity index is 648. The van der Waals surface area contributed by atoms with Gasteiger partial charge in [-0.15, -0.1) is 0 Å². The number of amides is 1. The van der Waals surface area contributed by atoms with Crippen LogP contribution in [0.4, 0.5) is 40.8 Å². The molecular weight excluding hydrogens is 457 g/mol. The first-order valence-electron chi connectivity index (χ1n) is 6.00. The molecule has 0 spiro atoms. The molecule has 0 aromatic heterocycles. The van der Waals surface area contributed by atoms with Gasteiger partial charge < -0.3 is 10.1 Å². The topological polar surface area (TPSA) is 38.3 Å². The number of rotatable bonds is 5. The van der Waals surface area contributed by atoms with Crippen molar-refractivity contribution in [3.63, 3.8) is 0 Å². The van der Waals surface area contributed by atoms with Gasteiger partial charge in [-0.2, -0.15) is 30.7 Å². The number of hydrogen-bond donors (Lipinski definition) is 1. The van der Waals surface area contributed by atoms with E-state index in [9.17, 15) is 39.9 Å². The van der Waals surface area contributed by atoms with E-state index in [1.165, 1.54) is 0 Å². The van der Waals surface area contributed by atoms with Crippen LogP contribution in [0, 0.1) is 0 Å². The van der Waals surface area contributed by atoms with Gasteiger partial charge in [0.15, 0.2) is 5.75 Å². The number of carbonyl (C=O) groups is 1. The van der Waals surface area contributed by atoms with Crippen molar-refractivity contribution in [2.24, 2.45) is 0 Å². The molecule has 142 valence electrons. The normalized spacial score (nSPS) is 15.0. The smallest absolute Gasteiger partial charge is 0.433 e. The summed E-state index contributed by atoms with van der Waals surface area (Å²) in [5.74, 6) is -2.03. The van der Waals surface area contributed by atoms with Crippen molar-refractivity contribution in [1.29, 1.82) is 0 Å². The highest BCUT2D eigenvalue weighted by Crippen LogP contribution is 2.56. The van der Waals surface area contributed by atoms with Crippen LogP contribution in [0.1, 0.15) is 12.5 Å². The van der Waals surface area contributed by atoms with E-state index in [0.29, 0.717) is 0 Å². The van der Waals surface area contributed by atoms with Gasteiger partial charge >= 0.3 is 23.8 Å². The number of benzene rings is 1. The van der Waals surface area contributed by atoms with Gasteiger partial charge in [0.05, 0.1) is 5.69 Å². The second-order valence-corrected chi connectivity index (χ2v) is 5.87. The molecule has 0 aliphatic heterocycles. The lowest BCUT2D eigenvalue weighted by atomic mass is 9.94. The van der Waals surface area contributed by atoms with Crippen LogP contribution in [0.2, 0.25) is 0 Å². The minimum absolute atomic E-state index is 0.0496. The SMILES string of the molecule is CC(=O)Nc1c(Br)cc(C(F)(C(F)(F)F)C(F)(F)Cl)cc1OC(F)F. The molecule has 0 saturated carbocycles. The first-order valence-corrected chi connectivity index (χ1v) is 7.17.